The minimum absolute atomic E-state index is 0.398. The van der Waals surface area contributed by atoms with E-state index in [9.17, 15) is 5.11 Å². The molecular weight excluding hydrogens is 452 g/mol. The van der Waals surface area contributed by atoms with Gasteiger partial charge in [0.2, 0.25) is 0 Å². The molecule has 3 aromatic heterocycles. The third-order valence-electron chi connectivity index (χ3n) is 7.08. The molecule has 0 amide bonds. The molecule has 2 saturated heterocycles. The first kappa shape index (κ1) is 23.0. The van der Waals surface area contributed by atoms with E-state index in [4.69, 9.17) is 20.1 Å². The van der Waals surface area contributed by atoms with Crippen molar-refractivity contribution in [2.24, 2.45) is 0 Å². The monoisotopic (exact) mass is 486 g/mol. The van der Waals surface area contributed by atoms with Crippen molar-refractivity contribution in [3.8, 4) is 11.4 Å². The zero-order valence-electron chi connectivity index (χ0n) is 21.3. The van der Waals surface area contributed by atoms with Gasteiger partial charge in [-0.15, -0.1) is 0 Å². The average molecular weight is 487 g/mol. The summed E-state index contributed by atoms with van der Waals surface area (Å²) >= 11 is 0. The van der Waals surface area contributed by atoms with Gasteiger partial charge in [0.15, 0.2) is 5.65 Å². The lowest BCUT2D eigenvalue weighted by molar-refractivity contribution is 0.0944. The summed E-state index contributed by atoms with van der Waals surface area (Å²) in [6.45, 7) is 10.2. The summed E-state index contributed by atoms with van der Waals surface area (Å²) in [7, 11) is 0. The molecule has 9 heteroatoms. The molecular formula is C27H34N8O. The number of aliphatic hydroxyl groups is 1. The van der Waals surface area contributed by atoms with Crippen LogP contribution in [0.1, 0.15) is 45.2 Å². The summed E-state index contributed by atoms with van der Waals surface area (Å²) in [5, 5.41) is 18.6. The van der Waals surface area contributed by atoms with E-state index in [1.54, 1.807) is 13.8 Å². The molecule has 6 rings (SSSR count). The standard InChI is InChI=1S/C27H34N8O/c1-18-26(30-21-14-19(8-9-20(21)29-18)33-10-4-5-11-33)22-15-25-31-24(34-12-6-7-13-34)16-23(35(25)32-22)28-17-27(2,3)36/h8-9,14-16,28,36H,4-7,10-13,17H2,1-3H3. The highest BCUT2D eigenvalue weighted by Gasteiger charge is 2.21. The Hall–Kier alpha value is -3.46. The van der Waals surface area contributed by atoms with Crippen LogP contribution < -0.4 is 15.1 Å². The Kier molecular flexibility index (Phi) is 5.67. The van der Waals surface area contributed by atoms with Crippen molar-refractivity contribution in [2.45, 2.75) is 52.1 Å². The topological polar surface area (TPSA) is 94.7 Å². The first-order valence-electron chi connectivity index (χ1n) is 13.0. The second kappa shape index (κ2) is 8.89. The van der Waals surface area contributed by atoms with Crippen molar-refractivity contribution < 1.29 is 5.11 Å². The number of nitrogens with one attached hydrogen (secondary N) is 1. The fourth-order valence-electron chi connectivity index (χ4n) is 5.16. The molecule has 9 nitrogen and oxygen atoms in total. The summed E-state index contributed by atoms with van der Waals surface area (Å²) < 4.78 is 1.81. The highest BCUT2D eigenvalue weighted by Crippen LogP contribution is 2.29. The van der Waals surface area contributed by atoms with Crippen LogP contribution in [0.25, 0.3) is 28.1 Å². The molecule has 0 aliphatic carbocycles. The number of anilines is 3. The molecule has 0 radical (unpaired) electrons. The number of nitrogens with zero attached hydrogens (tertiary/aromatic N) is 7. The average Bonchev–Trinajstić information content (AvgIpc) is 3.62. The molecule has 0 atom stereocenters. The first-order valence-corrected chi connectivity index (χ1v) is 13.0. The number of hydrogen-bond acceptors (Lipinski definition) is 8. The molecule has 0 spiro atoms. The maximum Gasteiger partial charge on any atom is 0.160 e. The Morgan fingerprint density at radius 1 is 0.889 bits per heavy atom. The van der Waals surface area contributed by atoms with Crippen LogP contribution >= 0.6 is 0 Å². The summed E-state index contributed by atoms with van der Waals surface area (Å²) in [5.41, 5.74) is 5.22. The lowest BCUT2D eigenvalue weighted by Gasteiger charge is -2.21. The zero-order chi connectivity index (χ0) is 24.9. The lowest BCUT2D eigenvalue weighted by Crippen LogP contribution is -2.30. The molecule has 2 N–H and O–H groups in total. The summed E-state index contributed by atoms with van der Waals surface area (Å²) in [6.07, 6.45) is 4.82. The number of rotatable bonds is 6. The van der Waals surface area contributed by atoms with Crippen LogP contribution in [0.5, 0.6) is 0 Å². The molecule has 0 saturated carbocycles. The quantitative estimate of drug-likeness (QED) is 0.422. The van der Waals surface area contributed by atoms with E-state index >= 15 is 0 Å². The van der Waals surface area contributed by atoms with Crippen LogP contribution in [0, 0.1) is 6.92 Å². The number of fused-ring (bicyclic) bond motifs is 2. The predicted octanol–water partition coefficient (Wildman–Crippen LogP) is 4.03. The molecule has 188 valence electrons. The summed E-state index contributed by atoms with van der Waals surface area (Å²) in [6, 6.07) is 10.4. The van der Waals surface area contributed by atoms with Gasteiger partial charge in [-0.05, 0) is 64.7 Å². The third kappa shape index (κ3) is 4.43. The molecule has 0 unspecified atom stereocenters. The number of aromatic nitrogens is 5. The van der Waals surface area contributed by atoms with Gasteiger partial charge < -0.3 is 20.2 Å². The van der Waals surface area contributed by atoms with Crippen molar-refractivity contribution in [1.82, 2.24) is 24.6 Å². The highest BCUT2D eigenvalue weighted by atomic mass is 16.3. The van der Waals surface area contributed by atoms with Crippen molar-refractivity contribution >= 4 is 34.0 Å². The van der Waals surface area contributed by atoms with E-state index in [2.05, 4.69) is 33.3 Å². The van der Waals surface area contributed by atoms with Crippen LogP contribution in [-0.4, -0.2) is 68.0 Å². The Morgan fingerprint density at radius 2 is 1.61 bits per heavy atom. The Balaban J connectivity index is 1.43. The van der Waals surface area contributed by atoms with E-state index in [0.717, 1.165) is 71.6 Å². The molecule has 2 aliphatic rings. The molecule has 4 aromatic rings. The minimum Gasteiger partial charge on any atom is -0.389 e. The smallest absolute Gasteiger partial charge is 0.160 e. The van der Waals surface area contributed by atoms with Crippen molar-refractivity contribution in [2.75, 3.05) is 47.8 Å². The normalized spacial score (nSPS) is 16.6. The minimum atomic E-state index is -0.854. The van der Waals surface area contributed by atoms with E-state index < -0.39 is 5.60 Å². The molecule has 2 aliphatic heterocycles. The summed E-state index contributed by atoms with van der Waals surface area (Å²) in [4.78, 5) is 19.5. The SMILES string of the molecule is Cc1nc2ccc(N3CCCC3)cc2nc1-c1cc2nc(N3CCCC3)cc(NCC(C)(C)O)n2n1. The van der Waals surface area contributed by atoms with Crippen molar-refractivity contribution in [3.63, 3.8) is 0 Å². The highest BCUT2D eigenvalue weighted by molar-refractivity contribution is 5.82. The number of aryl methyl sites for hydroxylation is 1. The van der Waals surface area contributed by atoms with Gasteiger partial charge >= 0.3 is 0 Å². The van der Waals surface area contributed by atoms with Gasteiger partial charge in [-0.3, -0.25) is 0 Å². The molecule has 2 fully saturated rings. The van der Waals surface area contributed by atoms with E-state index in [1.165, 1.54) is 31.4 Å². The Bertz CT molecular complexity index is 1410. The van der Waals surface area contributed by atoms with Gasteiger partial charge in [-0.2, -0.15) is 9.61 Å². The van der Waals surface area contributed by atoms with Gasteiger partial charge in [0.25, 0.3) is 0 Å². The second-order valence-corrected chi connectivity index (χ2v) is 10.7. The van der Waals surface area contributed by atoms with Crippen molar-refractivity contribution in [3.05, 3.63) is 36.0 Å². The van der Waals surface area contributed by atoms with Crippen LogP contribution in [-0.2, 0) is 0 Å². The van der Waals surface area contributed by atoms with E-state index in [0.29, 0.717) is 6.54 Å². The Labute approximate surface area is 211 Å². The van der Waals surface area contributed by atoms with Gasteiger partial charge in [0, 0.05) is 50.5 Å². The molecule has 36 heavy (non-hydrogen) atoms. The zero-order valence-corrected chi connectivity index (χ0v) is 21.3. The maximum absolute atomic E-state index is 10.3. The van der Waals surface area contributed by atoms with E-state index in [-0.39, 0.29) is 0 Å². The van der Waals surface area contributed by atoms with Crippen LogP contribution in [0.2, 0.25) is 0 Å². The maximum atomic E-state index is 10.3. The second-order valence-electron chi connectivity index (χ2n) is 10.7. The van der Waals surface area contributed by atoms with Gasteiger partial charge in [-0.25, -0.2) is 15.0 Å². The fraction of sp³-hybridized carbons (Fsp3) is 0.481. The fourth-order valence-corrected chi connectivity index (χ4v) is 5.16. The molecule has 1 aromatic carbocycles. The van der Waals surface area contributed by atoms with Crippen LogP contribution in [0.3, 0.4) is 0 Å². The van der Waals surface area contributed by atoms with Gasteiger partial charge in [0.05, 0.1) is 22.3 Å². The number of hydrogen-bond donors (Lipinski definition) is 2. The summed E-state index contributed by atoms with van der Waals surface area (Å²) in [5.74, 6) is 1.74. The van der Waals surface area contributed by atoms with Crippen LogP contribution in [0.4, 0.5) is 17.3 Å². The van der Waals surface area contributed by atoms with Gasteiger partial charge in [-0.1, -0.05) is 0 Å². The molecule has 0 bridgehead atoms. The third-order valence-corrected chi connectivity index (χ3v) is 7.08. The Morgan fingerprint density at radius 3 is 2.33 bits per heavy atom. The molecule has 5 heterocycles. The van der Waals surface area contributed by atoms with E-state index in [1.807, 2.05) is 23.6 Å². The largest absolute Gasteiger partial charge is 0.389 e. The first-order chi connectivity index (χ1) is 17.3. The lowest BCUT2D eigenvalue weighted by atomic mass is 10.1. The van der Waals surface area contributed by atoms with Crippen molar-refractivity contribution in [1.29, 1.82) is 0 Å². The van der Waals surface area contributed by atoms with Crippen LogP contribution in [0.15, 0.2) is 30.3 Å². The number of benzene rings is 1. The predicted molar refractivity (Wildman–Crippen MR) is 144 cm³/mol. The van der Waals surface area contributed by atoms with Gasteiger partial charge in [0.1, 0.15) is 23.0 Å².